The quantitative estimate of drug-likeness (QED) is 0.788. The Labute approximate surface area is 111 Å². The number of benzene rings is 1. The Morgan fingerprint density at radius 3 is 2.21 bits per heavy atom. The number of piperidine rings is 1. The number of nitrogens with zero attached hydrogens (tertiary/aromatic N) is 1. The number of halogens is 3. The van der Waals surface area contributed by atoms with Crippen LogP contribution in [-0.4, -0.2) is 13.1 Å². The summed E-state index contributed by atoms with van der Waals surface area (Å²) < 4.78 is 37.8. The zero-order valence-corrected chi connectivity index (χ0v) is 11.2. The topological polar surface area (TPSA) is 29.3 Å². The standard InChI is InChI=1S/C14H19F3N2/c1-9-5-10(2)8-19(7-9)13-4-3-11(6-12(13)18)14(15,16)17/h3-4,6,9-10H,5,7-8,18H2,1-2H3/t9-,10+. The molecule has 1 aromatic rings. The van der Waals surface area contributed by atoms with Crippen molar-refractivity contribution in [1.29, 1.82) is 0 Å². The molecular weight excluding hydrogens is 253 g/mol. The first kappa shape index (κ1) is 14.0. The fraction of sp³-hybridized carbons (Fsp3) is 0.571. The summed E-state index contributed by atoms with van der Waals surface area (Å²) in [6.07, 6.45) is -3.19. The molecule has 2 rings (SSSR count). The minimum absolute atomic E-state index is 0.205. The van der Waals surface area contributed by atoms with Crippen LogP contribution in [0.25, 0.3) is 0 Å². The van der Waals surface area contributed by atoms with Gasteiger partial charge >= 0.3 is 6.18 Å². The number of anilines is 2. The molecule has 1 saturated heterocycles. The van der Waals surface area contributed by atoms with Gasteiger partial charge in [0.2, 0.25) is 0 Å². The molecule has 19 heavy (non-hydrogen) atoms. The van der Waals surface area contributed by atoms with Gasteiger partial charge in [-0.25, -0.2) is 0 Å². The van der Waals surface area contributed by atoms with E-state index in [-0.39, 0.29) is 5.69 Å². The average molecular weight is 272 g/mol. The highest BCUT2D eigenvalue weighted by atomic mass is 19.4. The van der Waals surface area contributed by atoms with E-state index >= 15 is 0 Å². The number of hydrogen-bond donors (Lipinski definition) is 1. The highest BCUT2D eigenvalue weighted by Gasteiger charge is 2.31. The summed E-state index contributed by atoms with van der Waals surface area (Å²) in [5, 5.41) is 0. The number of nitrogens with two attached hydrogens (primary N) is 1. The maximum absolute atomic E-state index is 12.6. The Balaban J connectivity index is 2.26. The van der Waals surface area contributed by atoms with Crippen molar-refractivity contribution in [2.24, 2.45) is 11.8 Å². The molecule has 2 nitrogen and oxygen atoms in total. The van der Waals surface area contributed by atoms with Crippen molar-refractivity contribution in [2.75, 3.05) is 23.7 Å². The van der Waals surface area contributed by atoms with Crippen LogP contribution in [0.1, 0.15) is 25.8 Å². The van der Waals surface area contributed by atoms with E-state index in [2.05, 4.69) is 18.7 Å². The molecule has 5 heteroatoms. The lowest BCUT2D eigenvalue weighted by Gasteiger charge is -2.37. The lowest BCUT2D eigenvalue weighted by Crippen LogP contribution is -2.39. The summed E-state index contributed by atoms with van der Waals surface area (Å²) in [6, 6.07) is 3.62. The van der Waals surface area contributed by atoms with Crippen molar-refractivity contribution >= 4 is 11.4 Å². The smallest absolute Gasteiger partial charge is 0.397 e. The summed E-state index contributed by atoms with van der Waals surface area (Å²) in [6.45, 7) is 6.01. The van der Waals surface area contributed by atoms with Crippen molar-refractivity contribution in [3.8, 4) is 0 Å². The molecule has 0 radical (unpaired) electrons. The van der Waals surface area contributed by atoms with Gasteiger partial charge in [-0.2, -0.15) is 13.2 Å². The van der Waals surface area contributed by atoms with Crippen LogP contribution in [-0.2, 0) is 6.18 Å². The summed E-state index contributed by atoms with van der Waals surface area (Å²) in [5.41, 5.74) is 6.03. The van der Waals surface area contributed by atoms with Crippen LogP contribution >= 0.6 is 0 Å². The third kappa shape index (κ3) is 3.14. The lowest BCUT2D eigenvalue weighted by atomic mass is 9.91. The Kier molecular flexibility index (Phi) is 3.65. The molecule has 0 bridgehead atoms. The fourth-order valence-electron chi connectivity index (χ4n) is 2.88. The second-order valence-corrected chi connectivity index (χ2v) is 5.62. The molecule has 0 spiro atoms. The highest BCUT2D eigenvalue weighted by molar-refractivity contribution is 5.69. The fourth-order valence-corrected chi connectivity index (χ4v) is 2.88. The van der Waals surface area contributed by atoms with Gasteiger partial charge in [0.05, 0.1) is 16.9 Å². The van der Waals surface area contributed by atoms with E-state index in [1.165, 1.54) is 6.07 Å². The zero-order valence-electron chi connectivity index (χ0n) is 11.2. The zero-order chi connectivity index (χ0) is 14.2. The number of nitrogen functional groups attached to an aromatic ring is 1. The first-order valence-electron chi connectivity index (χ1n) is 6.49. The van der Waals surface area contributed by atoms with Crippen LogP contribution in [0, 0.1) is 11.8 Å². The molecule has 2 atom stereocenters. The van der Waals surface area contributed by atoms with Crippen molar-refractivity contribution in [1.82, 2.24) is 0 Å². The van der Waals surface area contributed by atoms with Gasteiger partial charge in [-0.05, 0) is 36.5 Å². The minimum Gasteiger partial charge on any atom is -0.397 e. The van der Waals surface area contributed by atoms with Crippen LogP contribution in [0.15, 0.2) is 18.2 Å². The normalized spacial score (nSPS) is 24.6. The van der Waals surface area contributed by atoms with Crippen molar-refractivity contribution in [3.63, 3.8) is 0 Å². The van der Waals surface area contributed by atoms with E-state index in [1.807, 2.05) is 0 Å². The predicted molar refractivity (Wildman–Crippen MR) is 71.0 cm³/mol. The van der Waals surface area contributed by atoms with E-state index in [4.69, 9.17) is 5.73 Å². The largest absolute Gasteiger partial charge is 0.416 e. The number of hydrogen-bond acceptors (Lipinski definition) is 2. The van der Waals surface area contributed by atoms with Gasteiger partial charge in [-0.15, -0.1) is 0 Å². The van der Waals surface area contributed by atoms with E-state index in [1.54, 1.807) is 0 Å². The van der Waals surface area contributed by atoms with Crippen molar-refractivity contribution in [2.45, 2.75) is 26.4 Å². The second-order valence-electron chi connectivity index (χ2n) is 5.62. The molecule has 1 aliphatic rings. The summed E-state index contributed by atoms with van der Waals surface area (Å²) >= 11 is 0. The monoisotopic (exact) mass is 272 g/mol. The maximum atomic E-state index is 12.6. The molecule has 1 aromatic carbocycles. The molecule has 106 valence electrons. The first-order chi connectivity index (χ1) is 8.77. The first-order valence-corrected chi connectivity index (χ1v) is 6.49. The Morgan fingerprint density at radius 1 is 1.16 bits per heavy atom. The van der Waals surface area contributed by atoms with Crippen LogP contribution < -0.4 is 10.6 Å². The van der Waals surface area contributed by atoms with Crippen molar-refractivity contribution in [3.05, 3.63) is 23.8 Å². The van der Waals surface area contributed by atoms with E-state index in [9.17, 15) is 13.2 Å². The van der Waals surface area contributed by atoms with E-state index in [0.29, 0.717) is 17.5 Å². The van der Waals surface area contributed by atoms with E-state index in [0.717, 1.165) is 31.6 Å². The molecule has 1 fully saturated rings. The molecule has 0 aromatic heterocycles. The Morgan fingerprint density at radius 2 is 1.74 bits per heavy atom. The van der Waals surface area contributed by atoms with Crippen LogP contribution in [0.2, 0.25) is 0 Å². The number of rotatable bonds is 1. The third-order valence-corrected chi connectivity index (χ3v) is 3.56. The predicted octanol–water partition coefficient (Wildman–Crippen LogP) is 3.77. The molecule has 0 saturated carbocycles. The van der Waals surface area contributed by atoms with Gasteiger partial charge in [0.15, 0.2) is 0 Å². The van der Waals surface area contributed by atoms with Gasteiger partial charge in [-0.3, -0.25) is 0 Å². The molecule has 0 unspecified atom stereocenters. The maximum Gasteiger partial charge on any atom is 0.416 e. The van der Waals surface area contributed by atoms with Gasteiger partial charge in [0.25, 0.3) is 0 Å². The second kappa shape index (κ2) is 4.94. The molecular formula is C14H19F3N2. The van der Waals surface area contributed by atoms with Gasteiger partial charge in [0, 0.05) is 13.1 Å². The van der Waals surface area contributed by atoms with Crippen LogP contribution in [0.4, 0.5) is 24.5 Å². The SMILES string of the molecule is C[C@@H]1C[C@H](C)CN(c2ccc(C(F)(F)F)cc2N)C1. The lowest BCUT2D eigenvalue weighted by molar-refractivity contribution is -0.137. The number of alkyl halides is 3. The molecule has 2 N–H and O–H groups in total. The Hall–Kier alpha value is -1.39. The minimum atomic E-state index is -4.34. The third-order valence-electron chi connectivity index (χ3n) is 3.56. The van der Waals surface area contributed by atoms with Crippen LogP contribution in [0.5, 0.6) is 0 Å². The summed E-state index contributed by atoms with van der Waals surface area (Å²) in [7, 11) is 0. The Bertz CT molecular complexity index is 446. The average Bonchev–Trinajstić information content (AvgIpc) is 2.26. The summed E-state index contributed by atoms with van der Waals surface area (Å²) in [5.74, 6) is 1.07. The molecule has 0 amide bonds. The molecule has 1 heterocycles. The van der Waals surface area contributed by atoms with Gasteiger partial charge < -0.3 is 10.6 Å². The van der Waals surface area contributed by atoms with Crippen LogP contribution in [0.3, 0.4) is 0 Å². The van der Waals surface area contributed by atoms with Crippen molar-refractivity contribution < 1.29 is 13.2 Å². The summed E-state index contributed by atoms with van der Waals surface area (Å²) in [4.78, 5) is 2.09. The van der Waals surface area contributed by atoms with Gasteiger partial charge in [0.1, 0.15) is 0 Å². The van der Waals surface area contributed by atoms with Gasteiger partial charge in [-0.1, -0.05) is 13.8 Å². The highest BCUT2D eigenvalue weighted by Crippen LogP contribution is 2.35. The van der Waals surface area contributed by atoms with E-state index < -0.39 is 11.7 Å². The molecule has 0 aliphatic carbocycles. The molecule has 1 aliphatic heterocycles.